The van der Waals surface area contributed by atoms with Gasteiger partial charge in [-0.05, 0) is 51.1 Å². The van der Waals surface area contributed by atoms with Gasteiger partial charge in [-0.3, -0.25) is 14.2 Å². The molecule has 3 rings (SSSR count). The van der Waals surface area contributed by atoms with Crippen LogP contribution in [0.3, 0.4) is 0 Å². The molecule has 0 radical (unpaired) electrons. The Morgan fingerprint density at radius 2 is 1.79 bits per heavy atom. The van der Waals surface area contributed by atoms with E-state index in [1.165, 1.54) is 16.7 Å². The lowest BCUT2D eigenvalue weighted by Crippen LogP contribution is -2.44. The molecule has 0 saturated carbocycles. The Bertz CT molecular complexity index is 1180. The third-order valence-electron chi connectivity index (χ3n) is 4.35. The van der Waals surface area contributed by atoms with Gasteiger partial charge in [-0.2, -0.15) is 0 Å². The molecule has 1 amide bonds. The number of aromatic nitrogens is 2. The minimum atomic E-state index is -0.873. The minimum absolute atomic E-state index is 0.112. The number of rotatable bonds is 4. The molecule has 0 aliphatic heterocycles. The number of hydrogen-bond donors (Lipinski definition) is 1. The lowest BCUT2D eigenvalue weighted by Gasteiger charge is -2.20. The van der Waals surface area contributed by atoms with Gasteiger partial charge in [0.05, 0.1) is 21.6 Å². The topological polar surface area (TPSA) is 73.1 Å². The van der Waals surface area contributed by atoms with E-state index in [9.17, 15) is 18.8 Å². The molecule has 0 bridgehead atoms. The van der Waals surface area contributed by atoms with Crippen LogP contribution in [-0.4, -0.2) is 21.1 Å². The zero-order valence-electron chi connectivity index (χ0n) is 15.6. The van der Waals surface area contributed by atoms with Crippen LogP contribution in [0.5, 0.6) is 0 Å². The third-order valence-corrected chi connectivity index (χ3v) is 4.64. The van der Waals surface area contributed by atoms with Crippen molar-refractivity contribution in [2.24, 2.45) is 0 Å². The molecular formula is C20H19ClFN3O3. The summed E-state index contributed by atoms with van der Waals surface area (Å²) >= 11 is 5.83. The summed E-state index contributed by atoms with van der Waals surface area (Å²) in [5, 5.41) is 2.81. The number of fused-ring (bicyclic) bond motifs is 1. The molecule has 146 valence electrons. The fourth-order valence-electron chi connectivity index (χ4n) is 3.03. The first-order chi connectivity index (χ1) is 13.2. The van der Waals surface area contributed by atoms with Crippen LogP contribution in [0.1, 0.15) is 26.8 Å². The molecule has 6 nitrogen and oxygen atoms in total. The summed E-state index contributed by atoms with van der Waals surface area (Å²) in [4.78, 5) is 38.8. The molecule has 0 aliphatic rings. The number of carbonyl (C=O) groups is 1. The smallest absolute Gasteiger partial charge is 0.336 e. The molecule has 1 aromatic heterocycles. The Labute approximate surface area is 165 Å². The second kappa shape index (κ2) is 7.59. The highest BCUT2D eigenvalue weighted by atomic mass is 35.5. The molecule has 0 saturated heterocycles. The number of benzene rings is 2. The van der Waals surface area contributed by atoms with E-state index >= 15 is 0 Å². The largest absolute Gasteiger partial charge is 0.352 e. The SMILES string of the molecule is CC(C)NC(=O)C(C)n1c(=O)n(-c2ccc(F)c(Cl)c2)c(=O)c2ccccc21. The van der Waals surface area contributed by atoms with Crippen LogP contribution >= 0.6 is 11.6 Å². The van der Waals surface area contributed by atoms with Crippen molar-refractivity contribution in [3.05, 3.63) is 74.1 Å². The predicted molar refractivity (Wildman–Crippen MR) is 107 cm³/mol. The van der Waals surface area contributed by atoms with Crippen LogP contribution in [0.2, 0.25) is 5.02 Å². The number of nitrogens with zero attached hydrogens (tertiary/aromatic N) is 2. The third kappa shape index (κ3) is 3.45. The molecule has 1 N–H and O–H groups in total. The lowest BCUT2D eigenvalue weighted by molar-refractivity contribution is -0.124. The van der Waals surface area contributed by atoms with Gasteiger partial charge in [0.2, 0.25) is 5.91 Å². The van der Waals surface area contributed by atoms with Crippen LogP contribution < -0.4 is 16.6 Å². The standard InChI is InChI=1S/C20H19ClFN3O3/c1-11(2)23-18(26)12(3)24-17-7-5-4-6-14(17)19(27)25(20(24)28)13-8-9-16(22)15(21)10-13/h4-12H,1-3H3,(H,23,26). The highest BCUT2D eigenvalue weighted by Crippen LogP contribution is 2.19. The second-order valence-corrected chi connectivity index (χ2v) is 7.16. The Balaban J connectivity index is 2.35. The van der Waals surface area contributed by atoms with Gasteiger partial charge in [-0.25, -0.2) is 13.8 Å². The lowest BCUT2D eigenvalue weighted by atomic mass is 10.2. The first-order valence-corrected chi connectivity index (χ1v) is 9.12. The number of carbonyl (C=O) groups excluding carboxylic acids is 1. The van der Waals surface area contributed by atoms with Gasteiger partial charge in [-0.1, -0.05) is 23.7 Å². The van der Waals surface area contributed by atoms with Gasteiger partial charge in [-0.15, -0.1) is 0 Å². The number of halogens is 2. The number of hydrogen-bond acceptors (Lipinski definition) is 3. The molecule has 0 aliphatic carbocycles. The summed E-state index contributed by atoms with van der Waals surface area (Å²) in [6, 6.07) is 9.13. The molecule has 3 aromatic rings. The van der Waals surface area contributed by atoms with E-state index in [0.717, 1.165) is 10.6 Å². The maximum atomic E-state index is 13.5. The highest BCUT2D eigenvalue weighted by molar-refractivity contribution is 6.30. The molecular weight excluding hydrogens is 385 g/mol. The highest BCUT2D eigenvalue weighted by Gasteiger charge is 2.23. The molecule has 28 heavy (non-hydrogen) atoms. The summed E-state index contributed by atoms with van der Waals surface area (Å²) in [6.45, 7) is 5.21. The van der Waals surface area contributed by atoms with E-state index in [-0.39, 0.29) is 28.0 Å². The average molecular weight is 404 g/mol. The fourth-order valence-corrected chi connectivity index (χ4v) is 3.21. The molecule has 1 unspecified atom stereocenters. The van der Waals surface area contributed by atoms with Gasteiger partial charge < -0.3 is 5.32 Å². The van der Waals surface area contributed by atoms with Crippen LogP contribution in [0.15, 0.2) is 52.1 Å². The quantitative estimate of drug-likeness (QED) is 0.727. The van der Waals surface area contributed by atoms with Crippen molar-refractivity contribution in [2.75, 3.05) is 0 Å². The molecule has 1 heterocycles. The summed E-state index contributed by atoms with van der Waals surface area (Å²) < 4.78 is 15.7. The van der Waals surface area contributed by atoms with Crippen molar-refractivity contribution in [3.63, 3.8) is 0 Å². The molecule has 1 atom stereocenters. The fraction of sp³-hybridized carbons (Fsp3) is 0.250. The van der Waals surface area contributed by atoms with E-state index in [2.05, 4.69) is 5.32 Å². The maximum Gasteiger partial charge on any atom is 0.336 e. The van der Waals surface area contributed by atoms with E-state index in [4.69, 9.17) is 11.6 Å². The Kier molecular flexibility index (Phi) is 5.38. The van der Waals surface area contributed by atoms with Gasteiger partial charge in [0.25, 0.3) is 5.56 Å². The second-order valence-electron chi connectivity index (χ2n) is 6.75. The van der Waals surface area contributed by atoms with Gasteiger partial charge in [0.1, 0.15) is 11.9 Å². The predicted octanol–water partition coefficient (Wildman–Crippen LogP) is 3.03. The number of amides is 1. The molecule has 8 heteroatoms. The summed E-state index contributed by atoms with van der Waals surface area (Å²) in [5.41, 5.74) is -0.820. The molecule has 2 aromatic carbocycles. The van der Waals surface area contributed by atoms with E-state index < -0.39 is 23.1 Å². The number of para-hydroxylation sites is 1. The normalized spacial score (nSPS) is 12.4. The minimum Gasteiger partial charge on any atom is -0.352 e. The van der Waals surface area contributed by atoms with Crippen LogP contribution in [0.4, 0.5) is 4.39 Å². The number of nitrogens with one attached hydrogen (secondary N) is 1. The van der Waals surface area contributed by atoms with E-state index in [1.54, 1.807) is 31.2 Å². The van der Waals surface area contributed by atoms with Crippen molar-refractivity contribution in [3.8, 4) is 5.69 Å². The van der Waals surface area contributed by atoms with Crippen LogP contribution in [0.25, 0.3) is 16.6 Å². The summed E-state index contributed by atoms with van der Waals surface area (Å²) in [5.74, 6) is -1.02. The van der Waals surface area contributed by atoms with Crippen molar-refractivity contribution in [2.45, 2.75) is 32.9 Å². The van der Waals surface area contributed by atoms with E-state index in [0.29, 0.717) is 5.52 Å². The molecule has 0 fully saturated rings. The van der Waals surface area contributed by atoms with Crippen molar-refractivity contribution in [1.29, 1.82) is 0 Å². The summed E-state index contributed by atoms with van der Waals surface area (Å²) in [6.07, 6.45) is 0. The monoisotopic (exact) mass is 403 g/mol. The Hall–Kier alpha value is -2.93. The van der Waals surface area contributed by atoms with Crippen molar-refractivity contribution < 1.29 is 9.18 Å². The Morgan fingerprint density at radius 1 is 1.11 bits per heavy atom. The zero-order valence-corrected chi connectivity index (χ0v) is 16.3. The maximum absolute atomic E-state index is 13.5. The first kappa shape index (κ1) is 19.8. The van der Waals surface area contributed by atoms with Gasteiger partial charge >= 0.3 is 5.69 Å². The van der Waals surface area contributed by atoms with Crippen molar-refractivity contribution in [1.82, 2.24) is 14.5 Å². The zero-order chi connectivity index (χ0) is 20.6. The average Bonchev–Trinajstić information content (AvgIpc) is 2.64. The summed E-state index contributed by atoms with van der Waals surface area (Å²) in [7, 11) is 0. The van der Waals surface area contributed by atoms with Gasteiger partial charge in [0, 0.05) is 6.04 Å². The van der Waals surface area contributed by atoms with Crippen LogP contribution in [0, 0.1) is 5.82 Å². The van der Waals surface area contributed by atoms with Crippen molar-refractivity contribution >= 4 is 28.4 Å². The van der Waals surface area contributed by atoms with Gasteiger partial charge in [0.15, 0.2) is 0 Å². The molecule has 0 spiro atoms. The van der Waals surface area contributed by atoms with E-state index in [1.807, 2.05) is 13.8 Å². The van der Waals surface area contributed by atoms with Crippen LogP contribution in [-0.2, 0) is 4.79 Å². The first-order valence-electron chi connectivity index (χ1n) is 8.74. The Morgan fingerprint density at radius 3 is 2.43 bits per heavy atom.